The van der Waals surface area contributed by atoms with Gasteiger partial charge in [-0.25, -0.2) is 0 Å². The zero-order valence-electron chi connectivity index (χ0n) is 8.77. The summed E-state index contributed by atoms with van der Waals surface area (Å²) in [5, 5.41) is 10.1. The monoisotopic (exact) mass is 227 g/mol. The van der Waals surface area contributed by atoms with Gasteiger partial charge in [0.05, 0.1) is 18.0 Å². The molecule has 0 saturated carbocycles. The number of amides is 1. The van der Waals surface area contributed by atoms with Crippen molar-refractivity contribution in [2.24, 2.45) is 5.92 Å². The van der Waals surface area contributed by atoms with Crippen molar-refractivity contribution in [2.75, 3.05) is 5.88 Å². The van der Waals surface area contributed by atoms with E-state index >= 15 is 0 Å². The number of hydrogen-bond donors (Lipinski definition) is 1. The zero-order chi connectivity index (χ0) is 11.3. The first kappa shape index (κ1) is 11.9. The van der Waals surface area contributed by atoms with Gasteiger partial charge in [0.25, 0.3) is 5.91 Å². The summed E-state index contributed by atoms with van der Waals surface area (Å²) in [6.07, 6.45) is 2.93. The van der Waals surface area contributed by atoms with E-state index in [2.05, 4.69) is 15.5 Å². The van der Waals surface area contributed by atoms with Gasteiger partial charge in [-0.2, -0.15) is 10.2 Å². The first-order valence-electron chi connectivity index (χ1n) is 4.78. The summed E-state index contributed by atoms with van der Waals surface area (Å²) >= 11 is 5.70. The molecule has 5 heteroatoms. The number of carbonyl (C=O) groups is 1. The summed E-state index contributed by atoms with van der Waals surface area (Å²) in [7, 11) is 0. The Kier molecular flexibility index (Phi) is 4.49. The highest BCUT2D eigenvalue weighted by Gasteiger charge is 2.14. The van der Waals surface area contributed by atoms with Crippen LogP contribution < -0.4 is 5.32 Å². The maximum atomic E-state index is 11.7. The van der Waals surface area contributed by atoms with Gasteiger partial charge in [0, 0.05) is 11.9 Å². The fourth-order valence-electron chi connectivity index (χ4n) is 0.991. The molecule has 1 rings (SSSR count). The summed E-state index contributed by atoms with van der Waals surface area (Å²) in [6, 6.07) is 1.67. The van der Waals surface area contributed by atoms with Crippen LogP contribution in [0.5, 0.6) is 0 Å². The zero-order valence-corrected chi connectivity index (χ0v) is 9.53. The largest absolute Gasteiger partial charge is 0.349 e. The van der Waals surface area contributed by atoms with E-state index in [9.17, 15) is 4.79 Å². The van der Waals surface area contributed by atoms with E-state index in [0.717, 1.165) is 0 Å². The third kappa shape index (κ3) is 3.47. The molecule has 0 aromatic carbocycles. The molecule has 1 N–H and O–H groups in total. The van der Waals surface area contributed by atoms with E-state index in [-0.39, 0.29) is 17.9 Å². The van der Waals surface area contributed by atoms with Crippen LogP contribution in [0.15, 0.2) is 18.5 Å². The summed E-state index contributed by atoms with van der Waals surface area (Å²) in [5.41, 5.74) is 0.513. The molecule has 1 heterocycles. The lowest BCUT2D eigenvalue weighted by Crippen LogP contribution is -2.37. The molecule has 0 aliphatic rings. The number of nitrogens with one attached hydrogen (secondary N) is 1. The van der Waals surface area contributed by atoms with E-state index in [1.54, 1.807) is 6.07 Å². The van der Waals surface area contributed by atoms with Gasteiger partial charge in [-0.15, -0.1) is 11.6 Å². The molecular formula is C10H14ClN3O. The van der Waals surface area contributed by atoms with E-state index in [4.69, 9.17) is 11.6 Å². The normalized spacial score (nSPS) is 14.3. The number of rotatable bonds is 4. The lowest BCUT2D eigenvalue weighted by Gasteiger charge is -2.18. The number of alkyl halides is 1. The maximum Gasteiger partial charge on any atom is 0.253 e. The number of nitrogens with zero attached hydrogens (tertiary/aromatic N) is 2. The highest BCUT2D eigenvalue weighted by atomic mass is 35.5. The van der Waals surface area contributed by atoms with Crippen molar-refractivity contribution in [1.29, 1.82) is 0 Å². The van der Waals surface area contributed by atoms with Crippen LogP contribution >= 0.6 is 11.6 Å². The van der Waals surface area contributed by atoms with Crippen LogP contribution in [0.25, 0.3) is 0 Å². The molecule has 0 radical (unpaired) electrons. The summed E-state index contributed by atoms with van der Waals surface area (Å²) in [6.45, 7) is 3.92. The van der Waals surface area contributed by atoms with Gasteiger partial charge in [-0.1, -0.05) is 6.92 Å². The molecule has 1 aromatic heterocycles. The molecule has 0 aliphatic heterocycles. The lowest BCUT2D eigenvalue weighted by molar-refractivity contribution is 0.0930. The molecule has 2 atom stereocenters. The van der Waals surface area contributed by atoms with Crippen LogP contribution in [0.3, 0.4) is 0 Å². The van der Waals surface area contributed by atoms with Crippen LogP contribution in [0.4, 0.5) is 0 Å². The van der Waals surface area contributed by atoms with E-state index in [0.29, 0.717) is 11.4 Å². The molecule has 0 spiro atoms. The molecule has 0 saturated heterocycles. The molecular weight excluding hydrogens is 214 g/mol. The summed E-state index contributed by atoms with van der Waals surface area (Å²) < 4.78 is 0. The molecule has 0 bridgehead atoms. The Morgan fingerprint density at radius 1 is 1.53 bits per heavy atom. The van der Waals surface area contributed by atoms with E-state index in [1.165, 1.54) is 12.4 Å². The van der Waals surface area contributed by atoms with Crippen molar-refractivity contribution in [3.63, 3.8) is 0 Å². The Hall–Kier alpha value is -1.16. The van der Waals surface area contributed by atoms with Gasteiger partial charge in [-0.3, -0.25) is 4.79 Å². The Bertz CT molecular complexity index is 318. The average molecular weight is 228 g/mol. The van der Waals surface area contributed by atoms with Crippen molar-refractivity contribution in [3.05, 3.63) is 24.0 Å². The van der Waals surface area contributed by atoms with Crippen LogP contribution in [0.1, 0.15) is 24.2 Å². The molecule has 2 unspecified atom stereocenters. The Morgan fingerprint density at radius 3 is 2.80 bits per heavy atom. The van der Waals surface area contributed by atoms with Gasteiger partial charge < -0.3 is 5.32 Å². The maximum absolute atomic E-state index is 11.7. The first-order valence-corrected chi connectivity index (χ1v) is 5.32. The predicted molar refractivity (Wildman–Crippen MR) is 58.8 cm³/mol. The van der Waals surface area contributed by atoms with Crippen molar-refractivity contribution in [1.82, 2.24) is 15.5 Å². The molecule has 4 nitrogen and oxygen atoms in total. The Balaban J connectivity index is 2.57. The van der Waals surface area contributed by atoms with Gasteiger partial charge >= 0.3 is 0 Å². The minimum atomic E-state index is -0.144. The topological polar surface area (TPSA) is 54.9 Å². The van der Waals surface area contributed by atoms with Crippen molar-refractivity contribution >= 4 is 17.5 Å². The third-order valence-corrected chi connectivity index (χ3v) is 2.79. The highest BCUT2D eigenvalue weighted by molar-refractivity contribution is 6.18. The molecule has 15 heavy (non-hydrogen) atoms. The highest BCUT2D eigenvalue weighted by Crippen LogP contribution is 2.05. The second-order valence-corrected chi connectivity index (χ2v) is 3.83. The average Bonchev–Trinajstić information content (AvgIpc) is 2.29. The van der Waals surface area contributed by atoms with Crippen LogP contribution in [0, 0.1) is 5.92 Å². The fourth-order valence-corrected chi connectivity index (χ4v) is 1.26. The molecule has 82 valence electrons. The third-order valence-electron chi connectivity index (χ3n) is 2.30. The second-order valence-electron chi connectivity index (χ2n) is 3.52. The molecule has 1 amide bonds. The van der Waals surface area contributed by atoms with E-state index < -0.39 is 0 Å². The number of carbonyl (C=O) groups excluding carboxylic acids is 1. The first-order chi connectivity index (χ1) is 7.15. The van der Waals surface area contributed by atoms with Crippen molar-refractivity contribution < 1.29 is 4.79 Å². The minimum absolute atomic E-state index is 0.0446. The molecule has 0 aliphatic carbocycles. The van der Waals surface area contributed by atoms with Gasteiger partial charge in [-0.05, 0) is 18.9 Å². The van der Waals surface area contributed by atoms with E-state index in [1.807, 2.05) is 13.8 Å². The minimum Gasteiger partial charge on any atom is -0.349 e. The number of halogens is 1. The standard InChI is InChI=1S/C10H14ClN3O/c1-7(5-11)8(2)14-10(15)9-3-4-12-13-6-9/h3-4,6-8H,5H2,1-2H3,(H,14,15). The Labute approximate surface area is 94.0 Å². The number of aromatic nitrogens is 2. The van der Waals surface area contributed by atoms with Crippen LogP contribution in [-0.2, 0) is 0 Å². The fraction of sp³-hybridized carbons (Fsp3) is 0.500. The number of hydrogen-bond acceptors (Lipinski definition) is 3. The smallest absolute Gasteiger partial charge is 0.253 e. The van der Waals surface area contributed by atoms with Gasteiger partial charge in [0.1, 0.15) is 0 Å². The van der Waals surface area contributed by atoms with Gasteiger partial charge in [0.2, 0.25) is 0 Å². The molecule has 0 fully saturated rings. The molecule has 1 aromatic rings. The predicted octanol–water partition coefficient (Wildman–Crippen LogP) is 1.47. The SMILES string of the molecule is CC(CCl)C(C)NC(=O)c1ccnnc1. The van der Waals surface area contributed by atoms with Crippen LogP contribution in [0.2, 0.25) is 0 Å². The lowest BCUT2D eigenvalue weighted by atomic mass is 10.1. The quantitative estimate of drug-likeness (QED) is 0.793. The summed E-state index contributed by atoms with van der Waals surface area (Å²) in [5.74, 6) is 0.621. The second kappa shape index (κ2) is 5.66. The van der Waals surface area contributed by atoms with Gasteiger partial charge in [0.15, 0.2) is 0 Å². The summed E-state index contributed by atoms with van der Waals surface area (Å²) in [4.78, 5) is 11.7. The Morgan fingerprint density at radius 2 is 2.27 bits per heavy atom. The van der Waals surface area contributed by atoms with Crippen molar-refractivity contribution in [2.45, 2.75) is 19.9 Å². The van der Waals surface area contributed by atoms with Crippen LogP contribution in [-0.4, -0.2) is 28.0 Å². The van der Waals surface area contributed by atoms with Crippen molar-refractivity contribution in [3.8, 4) is 0 Å².